The second kappa shape index (κ2) is 8.99. The number of hydrogen-bond acceptors (Lipinski definition) is 5. The van der Waals surface area contributed by atoms with E-state index in [0.29, 0.717) is 31.8 Å². The predicted molar refractivity (Wildman–Crippen MR) is 104 cm³/mol. The highest BCUT2D eigenvalue weighted by atomic mass is 32.1. The largest absolute Gasteiger partial charge is 0.494 e. The molecule has 1 N–H and O–H groups in total. The van der Waals surface area contributed by atoms with Crippen molar-refractivity contribution in [1.29, 1.82) is 0 Å². The second-order valence-electron chi connectivity index (χ2n) is 6.69. The number of carboxylic acids is 1. The molecule has 0 aliphatic carbocycles. The number of hydrogen-bond donors (Lipinski definition) is 1. The van der Waals surface area contributed by atoms with Gasteiger partial charge in [0.1, 0.15) is 16.5 Å². The zero-order valence-electron chi connectivity index (χ0n) is 15.4. The normalized spacial score (nSPS) is 16.9. The number of nitrogens with zero attached hydrogens (tertiary/aromatic N) is 2. The van der Waals surface area contributed by atoms with Crippen molar-refractivity contribution < 1.29 is 19.4 Å². The monoisotopic (exact) mass is 388 g/mol. The van der Waals surface area contributed by atoms with E-state index in [1.165, 1.54) is 11.3 Å². The van der Waals surface area contributed by atoms with Crippen LogP contribution in [0, 0.1) is 5.92 Å². The average Bonchev–Trinajstić information content (AvgIpc) is 3.17. The van der Waals surface area contributed by atoms with E-state index >= 15 is 0 Å². The number of aromatic nitrogens is 1. The number of likely N-dealkylation sites (tertiary alicyclic amines) is 1. The summed E-state index contributed by atoms with van der Waals surface area (Å²) >= 11 is 1.45. The third-order valence-electron chi connectivity index (χ3n) is 4.71. The lowest BCUT2D eigenvalue weighted by molar-refractivity contribution is -0.137. The van der Waals surface area contributed by atoms with E-state index in [9.17, 15) is 9.59 Å². The van der Waals surface area contributed by atoms with Gasteiger partial charge in [0.15, 0.2) is 0 Å². The first-order valence-electron chi connectivity index (χ1n) is 9.26. The lowest BCUT2D eigenvalue weighted by Gasteiger charge is -2.32. The Labute approximate surface area is 162 Å². The summed E-state index contributed by atoms with van der Waals surface area (Å²) in [5, 5.41) is 11.5. The predicted octanol–water partition coefficient (Wildman–Crippen LogP) is 3.93. The van der Waals surface area contributed by atoms with Crippen LogP contribution in [0.5, 0.6) is 5.75 Å². The van der Waals surface area contributed by atoms with Crippen LogP contribution in [-0.4, -0.2) is 46.6 Å². The fraction of sp³-hybridized carbons (Fsp3) is 0.450. The van der Waals surface area contributed by atoms with Crippen molar-refractivity contribution in [2.45, 2.75) is 32.6 Å². The van der Waals surface area contributed by atoms with Gasteiger partial charge in [-0.3, -0.25) is 9.59 Å². The molecule has 1 aromatic carbocycles. The van der Waals surface area contributed by atoms with Crippen LogP contribution in [0.3, 0.4) is 0 Å². The summed E-state index contributed by atoms with van der Waals surface area (Å²) in [7, 11) is 0. The highest BCUT2D eigenvalue weighted by Crippen LogP contribution is 2.27. The molecule has 1 saturated heterocycles. The van der Waals surface area contributed by atoms with Crippen LogP contribution in [0.2, 0.25) is 0 Å². The minimum absolute atomic E-state index is 0.0662. The van der Waals surface area contributed by atoms with Gasteiger partial charge in [0, 0.05) is 30.5 Å². The zero-order valence-corrected chi connectivity index (χ0v) is 16.2. The molecule has 1 aliphatic rings. The Morgan fingerprint density at radius 2 is 2.11 bits per heavy atom. The van der Waals surface area contributed by atoms with Gasteiger partial charge in [0.25, 0.3) is 5.91 Å². The summed E-state index contributed by atoms with van der Waals surface area (Å²) in [6, 6.07) is 7.70. The fourth-order valence-electron chi connectivity index (χ4n) is 3.34. The molecule has 0 saturated carbocycles. The van der Waals surface area contributed by atoms with Crippen LogP contribution in [0.15, 0.2) is 29.6 Å². The van der Waals surface area contributed by atoms with Crippen molar-refractivity contribution in [3.05, 3.63) is 35.3 Å². The van der Waals surface area contributed by atoms with Crippen molar-refractivity contribution in [3.63, 3.8) is 0 Å². The number of ether oxygens (including phenoxy) is 1. The number of aliphatic carboxylic acids is 1. The maximum Gasteiger partial charge on any atom is 0.303 e. The van der Waals surface area contributed by atoms with Gasteiger partial charge >= 0.3 is 5.97 Å². The van der Waals surface area contributed by atoms with Gasteiger partial charge in [-0.15, -0.1) is 11.3 Å². The first kappa shape index (κ1) is 19.4. The molecule has 1 fully saturated rings. The van der Waals surface area contributed by atoms with E-state index in [-0.39, 0.29) is 18.2 Å². The lowest BCUT2D eigenvalue weighted by atomic mass is 9.93. The van der Waals surface area contributed by atoms with E-state index in [4.69, 9.17) is 9.84 Å². The van der Waals surface area contributed by atoms with Crippen LogP contribution in [0.4, 0.5) is 0 Å². The summed E-state index contributed by atoms with van der Waals surface area (Å²) in [5.41, 5.74) is 1.42. The Morgan fingerprint density at radius 1 is 1.33 bits per heavy atom. The summed E-state index contributed by atoms with van der Waals surface area (Å²) in [5.74, 6) is 0.222. The number of carbonyl (C=O) groups is 2. The van der Waals surface area contributed by atoms with Crippen LogP contribution in [-0.2, 0) is 4.79 Å². The molecular formula is C20H24N2O4S. The molecule has 1 aliphatic heterocycles. The SMILES string of the molecule is CCOc1ccc(-c2nc(C(=O)N3CCC[C@@H](CCC(=O)O)C3)cs2)cc1. The number of carbonyl (C=O) groups excluding carboxylic acids is 1. The molecule has 1 atom stereocenters. The molecule has 0 bridgehead atoms. The van der Waals surface area contributed by atoms with E-state index in [2.05, 4.69) is 4.98 Å². The van der Waals surface area contributed by atoms with Crippen molar-refractivity contribution in [2.75, 3.05) is 19.7 Å². The number of benzene rings is 1. The second-order valence-corrected chi connectivity index (χ2v) is 7.55. The lowest BCUT2D eigenvalue weighted by Crippen LogP contribution is -2.40. The summed E-state index contributed by atoms with van der Waals surface area (Å²) in [4.78, 5) is 29.9. The number of rotatable bonds is 7. The summed E-state index contributed by atoms with van der Waals surface area (Å²) < 4.78 is 5.45. The molecule has 6 nitrogen and oxygen atoms in total. The van der Waals surface area contributed by atoms with Crippen LogP contribution >= 0.6 is 11.3 Å². The molecule has 0 unspecified atom stereocenters. The third-order valence-corrected chi connectivity index (χ3v) is 5.60. The van der Waals surface area contributed by atoms with Gasteiger partial charge in [-0.05, 0) is 56.4 Å². The van der Waals surface area contributed by atoms with Gasteiger partial charge in [-0.25, -0.2) is 4.98 Å². The van der Waals surface area contributed by atoms with Crippen molar-refractivity contribution >= 4 is 23.2 Å². The Bertz CT molecular complexity index is 788. The molecule has 7 heteroatoms. The van der Waals surface area contributed by atoms with Crippen molar-refractivity contribution in [1.82, 2.24) is 9.88 Å². The number of piperidine rings is 1. The van der Waals surface area contributed by atoms with Gasteiger partial charge < -0.3 is 14.7 Å². The first-order valence-corrected chi connectivity index (χ1v) is 10.1. The van der Waals surface area contributed by atoms with E-state index < -0.39 is 5.97 Å². The molecule has 2 heterocycles. The highest BCUT2D eigenvalue weighted by Gasteiger charge is 2.26. The molecule has 2 aromatic rings. The standard InChI is InChI=1S/C20H24N2O4S/c1-2-26-16-8-6-15(7-9-16)19-21-17(13-27-19)20(25)22-11-3-4-14(12-22)5-10-18(23)24/h6-9,13-14H,2-5,10-12H2,1H3,(H,23,24)/t14-/m0/s1. The number of amides is 1. The average molecular weight is 388 g/mol. The van der Waals surface area contributed by atoms with Gasteiger partial charge in [-0.2, -0.15) is 0 Å². The number of thiazole rings is 1. The van der Waals surface area contributed by atoms with Crippen molar-refractivity contribution in [2.24, 2.45) is 5.92 Å². The van der Waals surface area contributed by atoms with Gasteiger partial charge in [-0.1, -0.05) is 0 Å². The molecule has 0 radical (unpaired) electrons. The number of carboxylic acid groups (broad SMARTS) is 1. The topological polar surface area (TPSA) is 79.7 Å². The molecule has 1 aromatic heterocycles. The Morgan fingerprint density at radius 3 is 2.81 bits per heavy atom. The van der Waals surface area contributed by atoms with Gasteiger partial charge in [0.05, 0.1) is 6.61 Å². The highest BCUT2D eigenvalue weighted by molar-refractivity contribution is 7.13. The van der Waals surface area contributed by atoms with Crippen molar-refractivity contribution in [3.8, 4) is 16.3 Å². The molecular weight excluding hydrogens is 364 g/mol. The minimum Gasteiger partial charge on any atom is -0.494 e. The minimum atomic E-state index is -0.780. The smallest absolute Gasteiger partial charge is 0.303 e. The third kappa shape index (κ3) is 5.07. The molecule has 3 rings (SSSR count). The fourth-order valence-corrected chi connectivity index (χ4v) is 4.14. The Balaban J connectivity index is 1.64. The quantitative estimate of drug-likeness (QED) is 0.777. The first-order chi connectivity index (χ1) is 13.1. The van der Waals surface area contributed by atoms with E-state index in [0.717, 1.165) is 29.2 Å². The van der Waals surface area contributed by atoms with Crippen LogP contribution < -0.4 is 4.74 Å². The zero-order chi connectivity index (χ0) is 19.2. The van der Waals surface area contributed by atoms with E-state index in [1.807, 2.05) is 36.1 Å². The van der Waals surface area contributed by atoms with Crippen LogP contribution in [0.1, 0.15) is 43.1 Å². The molecule has 144 valence electrons. The van der Waals surface area contributed by atoms with E-state index in [1.54, 1.807) is 5.38 Å². The Kier molecular flexibility index (Phi) is 6.45. The Hall–Kier alpha value is -2.41. The maximum absolute atomic E-state index is 12.8. The summed E-state index contributed by atoms with van der Waals surface area (Å²) in [6.45, 7) is 3.89. The van der Waals surface area contributed by atoms with Gasteiger partial charge in [0.2, 0.25) is 0 Å². The molecule has 1 amide bonds. The molecule has 27 heavy (non-hydrogen) atoms. The maximum atomic E-state index is 12.8. The van der Waals surface area contributed by atoms with Crippen LogP contribution in [0.25, 0.3) is 10.6 Å². The summed E-state index contributed by atoms with van der Waals surface area (Å²) in [6.07, 6.45) is 2.66. The molecule has 0 spiro atoms.